The Balaban J connectivity index is 1.94. The molecule has 7 heteroatoms. The van der Waals surface area contributed by atoms with E-state index >= 15 is 0 Å². The van der Waals surface area contributed by atoms with E-state index < -0.39 is 11.6 Å². The van der Waals surface area contributed by atoms with Crippen molar-refractivity contribution in [3.63, 3.8) is 0 Å². The molecule has 0 atom stereocenters. The molecule has 4 nitrogen and oxygen atoms in total. The van der Waals surface area contributed by atoms with Crippen LogP contribution in [0.15, 0.2) is 30.9 Å². The average Bonchev–Trinajstić information content (AvgIpc) is 2.89. The quantitative estimate of drug-likeness (QED) is 0.634. The Hall–Kier alpha value is -2.02. The zero-order valence-corrected chi connectivity index (χ0v) is 11.5. The Morgan fingerprint density at radius 1 is 1.35 bits per heavy atom. The third kappa shape index (κ3) is 3.51. The van der Waals surface area contributed by atoms with Gasteiger partial charge in [-0.15, -0.1) is 0 Å². The van der Waals surface area contributed by atoms with Crippen molar-refractivity contribution in [2.24, 2.45) is 5.73 Å². The van der Waals surface area contributed by atoms with Gasteiger partial charge >= 0.3 is 0 Å². The Morgan fingerprint density at radius 2 is 2.05 bits per heavy atom. The fraction of sp³-hybridized carbons (Fsp3) is 0.231. The SMILES string of the molecule is NC(=S)c1cc(F)c(NCCCn2ccnc2)c(F)c1. The lowest BCUT2D eigenvalue weighted by Gasteiger charge is -2.10. The van der Waals surface area contributed by atoms with E-state index in [2.05, 4.69) is 10.3 Å². The van der Waals surface area contributed by atoms with Gasteiger partial charge in [0, 0.05) is 31.0 Å². The monoisotopic (exact) mass is 296 g/mol. The van der Waals surface area contributed by atoms with Crippen molar-refractivity contribution < 1.29 is 8.78 Å². The molecule has 0 unspecified atom stereocenters. The number of thiocarbonyl (C=S) groups is 1. The fourth-order valence-electron chi connectivity index (χ4n) is 1.78. The molecule has 0 saturated carbocycles. The summed E-state index contributed by atoms with van der Waals surface area (Å²) in [7, 11) is 0. The van der Waals surface area contributed by atoms with E-state index in [-0.39, 0.29) is 16.2 Å². The molecule has 1 aromatic heterocycles. The molecule has 20 heavy (non-hydrogen) atoms. The molecule has 106 valence electrons. The van der Waals surface area contributed by atoms with E-state index in [1.165, 1.54) is 0 Å². The van der Waals surface area contributed by atoms with Crippen LogP contribution in [-0.2, 0) is 6.54 Å². The summed E-state index contributed by atoms with van der Waals surface area (Å²) in [5, 5.41) is 2.74. The van der Waals surface area contributed by atoms with Crippen LogP contribution in [0.2, 0.25) is 0 Å². The van der Waals surface area contributed by atoms with Gasteiger partial charge in [0.25, 0.3) is 0 Å². The van der Waals surface area contributed by atoms with Crippen molar-refractivity contribution in [1.29, 1.82) is 0 Å². The summed E-state index contributed by atoms with van der Waals surface area (Å²) in [4.78, 5) is 3.88. The molecule has 0 aliphatic carbocycles. The lowest BCUT2D eigenvalue weighted by molar-refractivity contribution is 0.584. The Morgan fingerprint density at radius 3 is 2.60 bits per heavy atom. The van der Waals surface area contributed by atoms with Gasteiger partial charge in [-0.2, -0.15) is 0 Å². The smallest absolute Gasteiger partial charge is 0.150 e. The maximum Gasteiger partial charge on any atom is 0.150 e. The highest BCUT2D eigenvalue weighted by Gasteiger charge is 2.11. The number of hydrogen-bond donors (Lipinski definition) is 2. The van der Waals surface area contributed by atoms with Crippen LogP contribution in [0.4, 0.5) is 14.5 Å². The minimum Gasteiger partial charge on any atom is -0.389 e. The molecule has 0 radical (unpaired) electrons. The number of hydrogen-bond acceptors (Lipinski definition) is 3. The van der Waals surface area contributed by atoms with Gasteiger partial charge in [-0.25, -0.2) is 13.8 Å². The summed E-state index contributed by atoms with van der Waals surface area (Å²) in [6.07, 6.45) is 5.92. The van der Waals surface area contributed by atoms with E-state index in [0.29, 0.717) is 13.0 Å². The second-order valence-corrected chi connectivity index (χ2v) is 4.70. The first-order valence-electron chi connectivity index (χ1n) is 6.06. The second kappa shape index (κ2) is 6.42. The predicted molar refractivity (Wildman–Crippen MR) is 77.6 cm³/mol. The standard InChI is InChI=1S/C13H14F2N4S/c14-10-6-9(13(16)20)7-11(15)12(10)18-2-1-4-19-5-3-17-8-19/h3,5-8,18H,1-2,4H2,(H2,16,20). The van der Waals surface area contributed by atoms with Gasteiger partial charge in [0.05, 0.1) is 6.33 Å². The van der Waals surface area contributed by atoms with Gasteiger partial charge in [0.15, 0.2) is 0 Å². The van der Waals surface area contributed by atoms with Crippen LogP contribution in [0.1, 0.15) is 12.0 Å². The van der Waals surface area contributed by atoms with Crippen LogP contribution >= 0.6 is 12.2 Å². The number of nitrogens with two attached hydrogens (primary N) is 1. The number of benzene rings is 1. The van der Waals surface area contributed by atoms with Crippen LogP contribution < -0.4 is 11.1 Å². The molecule has 0 bridgehead atoms. The molecule has 0 fully saturated rings. The summed E-state index contributed by atoms with van der Waals surface area (Å²) in [6.45, 7) is 1.17. The molecule has 2 rings (SSSR count). The maximum atomic E-state index is 13.7. The molecular weight excluding hydrogens is 282 g/mol. The third-order valence-electron chi connectivity index (χ3n) is 2.78. The first kappa shape index (κ1) is 14.4. The summed E-state index contributed by atoms with van der Waals surface area (Å²) < 4.78 is 29.4. The molecule has 0 aliphatic heterocycles. The van der Waals surface area contributed by atoms with Crippen molar-refractivity contribution in [3.05, 3.63) is 48.1 Å². The predicted octanol–water partition coefficient (Wildman–Crippen LogP) is 2.30. The third-order valence-corrected chi connectivity index (χ3v) is 3.02. The van der Waals surface area contributed by atoms with Crippen molar-refractivity contribution in [2.45, 2.75) is 13.0 Å². The summed E-state index contributed by atoms with van der Waals surface area (Å²) >= 11 is 4.69. The van der Waals surface area contributed by atoms with Crippen molar-refractivity contribution in [1.82, 2.24) is 9.55 Å². The van der Waals surface area contributed by atoms with Crippen LogP contribution in [0.5, 0.6) is 0 Å². The summed E-state index contributed by atoms with van der Waals surface area (Å²) in [6, 6.07) is 2.26. The van der Waals surface area contributed by atoms with E-state index in [1.54, 1.807) is 12.5 Å². The zero-order chi connectivity index (χ0) is 14.5. The van der Waals surface area contributed by atoms with Crippen molar-refractivity contribution in [2.75, 3.05) is 11.9 Å². The van der Waals surface area contributed by atoms with Crippen molar-refractivity contribution >= 4 is 22.9 Å². The van der Waals surface area contributed by atoms with Gasteiger partial charge in [-0.1, -0.05) is 12.2 Å². The molecular formula is C13H14F2N4S. The number of aromatic nitrogens is 2. The molecule has 3 N–H and O–H groups in total. The van der Waals surface area contributed by atoms with Crippen molar-refractivity contribution in [3.8, 4) is 0 Å². The summed E-state index contributed by atoms with van der Waals surface area (Å²) in [5.74, 6) is -1.40. The number of imidazole rings is 1. The molecule has 1 aromatic carbocycles. The van der Waals surface area contributed by atoms with E-state index in [4.69, 9.17) is 18.0 Å². The van der Waals surface area contributed by atoms with E-state index in [0.717, 1.165) is 18.7 Å². The Kier molecular flexibility index (Phi) is 4.62. The average molecular weight is 296 g/mol. The van der Waals surface area contributed by atoms with E-state index in [9.17, 15) is 8.78 Å². The molecule has 0 saturated heterocycles. The van der Waals surface area contributed by atoms with Crippen LogP contribution in [-0.4, -0.2) is 21.1 Å². The molecule has 1 heterocycles. The maximum absolute atomic E-state index is 13.7. The van der Waals surface area contributed by atoms with Gasteiger partial charge in [-0.05, 0) is 18.6 Å². The first-order chi connectivity index (χ1) is 9.58. The highest BCUT2D eigenvalue weighted by Crippen LogP contribution is 2.20. The van der Waals surface area contributed by atoms with Crippen LogP contribution in [0.3, 0.4) is 0 Å². The normalized spacial score (nSPS) is 10.5. The molecule has 0 aliphatic rings. The molecule has 2 aromatic rings. The van der Waals surface area contributed by atoms with Gasteiger partial charge in [0.2, 0.25) is 0 Å². The molecule has 0 spiro atoms. The number of aryl methyl sites for hydroxylation is 1. The van der Waals surface area contributed by atoms with Gasteiger partial charge < -0.3 is 15.6 Å². The zero-order valence-electron chi connectivity index (χ0n) is 10.6. The highest BCUT2D eigenvalue weighted by atomic mass is 32.1. The number of nitrogens with zero attached hydrogens (tertiary/aromatic N) is 2. The lowest BCUT2D eigenvalue weighted by Crippen LogP contribution is -2.13. The van der Waals surface area contributed by atoms with E-state index in [1.807, 2.05) is 10.8 Å². The number of anilines is 1. The minimum absolute atomic E-state index is 0.0329. The molecule has 0 amide bonds. The Bertz CT molecular complexity index is 575. The fourth-order valence-corrected chi connectivity index (χ4v) is 1.90. The van der Waals surface area contributed by atoms with Gasteiger partial charge in [-0.3, -0.25) is 0 Å². The second-order valence-electron chi connectivity index (χ2n) is 4.26. The van der Waals surface area contributed by atoms with Gasteiger partial charge in [0.1, 0.15) is 22.3 Å². The lowest BCUT2D eigenvalue weighted by atomic mass is 10.2. The summed E-state index contributed by atoms with van der Waals surface area (Å²) in [5.41, 5.74) is 5.37. The number of halogens is 2. The highest BCUT2D eigenvalue weighted by molar-refractivity contribution is 7.80. The Labute approximate surface area is 120 Å². The minimum atomic E-state index is -0.699. The number of nitrogens with one attached hydrogen (secondary N) is 1. The number of rotatable bonds is 6. The van der Waals surface area contributed by atoms with Crippen LogP contribution in [0.25, 0.3) is 0 Å². The largest absolute Gasteiger partial charge is 0.389 e. The van der Waals surface area contributed by atoms with Crippen LogP contribution in [0, 0.1) is 11.6 Å². The first-order valence-corrected chi connectivity index (χ1v) is 6.47. The topological polar surface area (TPSA) is 55.9 Å².